The number of methoxy groups -OCH3 is 1. The summed E-state index contributed by atoms with van der Waals surface area (Å²) in [6.07, 6.45) is -0.130. The summed E-state index contributed by atoms with van der Waals surface area (Å²) in [5.41, 5.74) is 1.02. The van der Waals surface area contributed by atoms with Crippen LogP contribution in [-0.2, 0) is 26.3 Å². The van der Waals surface area contributed by atoms with Crippen molar-refractivity contribution < 1.29 is 28.3 Å². The SMILES string of the molecule is COc1ccc2c(c1)C(=O)N(C[C@@]1(c3cc4nc(N5CCN(C(C)=O)CC5)ccc4o3)CC(=O)NC1=O)C2. The second kappa shape index (κ2) is 8.86. The van der Waals surface area contributed by atoms with Crippen LogP contribution in [0.1, 0.15) is 35.0 Å². The highest BCUT2D eigenvalue weighted by Gasteiger charge is 2.53. The average Bonchev–Trinajstić information content (AvgIpc) is 3.57. The summed E-state index contributed by atoms with van der Waals surface area (Å²) < 4.78 is 11.4. The summed E-state index contributed by atoms with van der Waals surface area (Å²) in [5.74, 6) is 0.523. The Kier molecular flexibility index (Phi) is 5.59. The number of hydrogen-bond acceptors (Lipinski definition) is 8. The molecule has 2 fully saturated rings. The van der Waals surface area contributed by atoms with Crippen LogP contribution < -0.4 is 15.0 Å². The van der Waals surface area contributed by atoms with Gasteiger partial charge in [0.2, 0.25) is 17.7 Å². The molecule has 0 radical (unpaired) electrons. The van der Waals surface area contributed by atoms with E-state index >= 15 is 0 Å². The number of furan rings is 1. The minimum absolute atomic E-state index is 0.0138. The number of nitrogens with one attached hydrogen (secondary N) is 1. The Hall–Kier alpha value is -4.41. The molecule has 1 N–H and O–H groups in total. The zero-order valence-corrected chi connectivity index (χ0v) is 21.2. The first-order valence-corrected chi connectivity index (χ1v) is 12.5. The number of rotatable bonds is 5. The van der Waals surface area contributed by atoms with Gasteiger partial charge in [0.15, 0.2) is 5.58 Å². The number of carbonyl (C=O) groups excluding carboxylic acids is 4. The van der Waals surface area contributed by atoms with E-state index in [1.165, 1.54) is 7.11 Å². The Balaban J connectivity index is 1.30. The van der Waals surface area contributed by atoms with Crippen LogP contribution in [0.2, 0.25) is 0 Å². The van der Waals surface area contributed by atoms with Gasteiger partial charge in [-0.3, -0.25) is 24.5 Å². The molecule has 4 amide bonds. The summed E-state index contributed by atoms with van der Waals surface area (Å²) in [4.78, 5) is 60.8. The first-order valence-electron chi connectivity index (χ1n) is 12.5. The third-order valence-corrected chi connectivity index (χ3v) is 7.69. The summed E-state index contributed by atoms with van der Waals surface area (Å²) in [6, 6.07) is 10.7. The van der Waals surface area contributed by atoms with Crippen LogP contribution in [0.15, 0.2) is 40.8 Å². The van der Waals surface area contributed by atoms with E-state index in [9.17, 15) is 19.2 Å². The lowest BCUT2D eigenvalue weighted by atomic mass is 9.82. The summed E-state index contributed by atoms with van der Waals surface area (Å²) in [7, 11) is 1.54. The second-order valence-corrected chi connectivity index (χ2v) is 9.98. The normalized spacial score (nSPS) is 21.3. The van der Waals surface area contributed by atoms with Crippen LogP contribution in [0.3, 0.4) is 0 Å². The molecule has 38 heavy (non-hydrogen) atoms. The lowest BCUT2D eigenvalue weighted by Gasteiger charge is -2.34. The highest BCUT2D eigenvalue weighted by atomic mass is 16.5. The minimum atomic E-state index is -1.37. The fraction of sp³-hybridized carbons (Fsp3) is 0.370. The van der Waals surface area contributed by atoms with Crippen molar-refractivity contribution in [3.05, 3.63) is 53.3 Å². The van der Waals surface area contributed by atoms with Crippen molar-refractivity contribution in [1.82, 2.24) is 20.1 Å². The van der Waals surface area contributed by atoms with Gasteiger partial charge >= 0.3 is 0 Å². The molecule has 0 unspecified atom stereocenters. The van der Waals surface area contributed by atoms with Crippen LogP contribution in [0, 0.1) is 0 Å². The van der Waals surface area contributed by atoms with Gasteiger partial charge in [-0.05, 0) is 29.8 Å². The number of carbonyl (C=O) groups is 4. The van der Waals surface area contributed by atoms with Gasteiger partial charge in [0.25, 0.3) is 5.91 Å². The van der Waals surface area contributed by atoms with E-state index < -0.39 is 17.2 Å². The molecule has 1 aromatic carbocycles. The number of amides is 4. The highest BCUT2D eigenvalue weighted by Crippen LogP contribution is 2.39. The molecule has 0 aliphatic carbocycles. The predicted octanol–water partition coefficient (Wildman–Crippen LogP) is 1.45. The molecule has 3 aliphatic heterocycles. The molecule has 3 aliphatic rings. The molecule has 5 heterocycles. The quantitative estimate of drug-likeness (QED) is 0.504. The lowest BCUT2D eigenvalue weighted by molar-refractivity contribution is -0.129. The molecule has 1 atom stereocenters. The fourth-order valence-corrected chi connectivity index (χ4v) is 5.55. The molecule has 0 bridgehead atoms. The van der Waals surface area contributed by atoms with Crippen LogP contribution >= 0.6 is 0 Å². The Morgan fingerprint density at radius 3 is 2.58 bits per heavy atom. The number of anilines is 1. The van der Waals surface area contributed by atoms with E-state index in [4.69, 9.17) is 14.1 Å². The van der Waals surface area contributed by atoms with E-state index in [1.54, 1.807) is 41.0 Å². The molecule has 0 spiro atoms. The van der Waals surface area contributed by atoms with E-state index in [1.807, 2.05) is 12.1 Å². The van der Waals surface area contributed by atoms with Gasteiger partial charge in [0.05, 0.1) is 13.5 Å². The van der Waals surface area contributed by atoms with Gasteiger partial charge < -0.3 is 23.9 Å². The van der Waals surface area contributed by atoms with E-state index in [-0.39, 0.29) is 24.8 Å². The molecule has 11 heteroatoms. The summed E-state index contributed by atoms with van der Waals surface area (Å²) in [5, 5.41) is 2.40. The van der Waals surface area contributed by atoms with Gasteiger partial charge in [-0.15, -0.1) is 0 Å². The van der Waals surface area contributed by atoms with Gasteiger partial charge in [-0.2, -0.15) is 0 Å². The maximum absolute atomic E-state index is 13.3. The van der Waals surface area contributed by atoms with E-state index in [2.05, 4.69) is 10.2 Å². The van der Waals surface area contributed by atoms with Gasteiger partial charge in [-0.25, -0.2) is 4.98 Å². The highest BCUT2D eigenvalue weighted by molar-refractivity contribution is 6.10. The number of aromatic nitrogens is 1. The minimum Gasteiger partial charge on any atom is -0.497 e. The topological polar surface area (TPSA) is 125 Å². The molecule has 196 valence electrons. The fourth-order valence-electron chi connectivity index (χ4n) is 5.55. The third-order valence-electron chi connectivity index (χ3n) is 7.69. The second-order valence-electron chi connectivity index (χ2n) is 9.98. The number of hydrogen-bond donors (Lipinski definition) is 1. The Morgan fingerprint density at radius 1 is 1.11 bits per heavy atom. The first-order chi connectivity index (χ1) is 18.3. The van der Waals surface area contributed by atoms with Crippen LogP contribution in [0.5, 0.6) is 5.75 Å². The maximum Gasteiger partial charge on any atom is 0.254 e. The van der Waals surface area contributed by atoms with Crippen LogP contribution in [-0.4, -0.2) is 78.2 Å². The Labute approximate surface area is 218 Å². The number of nitrogens with zero attached hydrogens (tertiary/aromatic N) is 4. The molecule has 11 nitrogen and oxygen atoms in total. The van der Waals surface area contributed by atoms with Gasteiger partial charge in [0, 0.05) is 57.8 Å². The number of benzene rings is 1. The average molecular weight is 518 g/mol. The molecule has 3 aromatic rings. The zero-order valence-electron chi connectivity index (χ0n) is 21.2. The van der Waals surface area contributed by atoms with Crippen LogP contribution in [0.25, 0.3) is 11.1 Å². The zero-order chi connectivity index (χ0) is 26.6. The number of ether oxygens (including phenoxy) is 1. The molecule has 2 saturated heterocycles. The van der Waals surface area contributed by atoms with Crippen molar-refractivity contribution in [3.63, 3.8) is 0 Å². The number of piperazine rings is 1. The number of pyridine rings is 1. The van der Waals surface area contributed by atoms with E-state index in [0.29, 0.717) is 60.9 Å². The van der Waals surface area contributed by atoms with Crippen molar-refractivity contribution in [2.75, 3.05) is 44.7 Å². The van der Waals surface area contributed by atoms with Crippen molar-refractivity contribution in [3.8, 4) is 5.75 Å². The number of fused-ring (bicyclic) bond motifs is 2. The van der Waals surface area contributed by atoms with Crippen molar-refractivity contribution in [2.45, 2.75) is 25.3 Å². The van der Waals surface area contributed by atoms with E-state index in [0.717, 1.165) is 11.4 Å². The smallest absolute Gasteiger partial charge is 0.254 e. The third kappa shape index (κ3) is 3.85. The Morgan fingerprint density at radius 2 is 1.89 bits per heavy atom. The number of imide groups is 1. The predicted molar refractivity (Wildman–Crippen MR) is 136 cm³/mol. The van der Waals surface area contributed by atoms with Gasteiger partial charge in [0.1, 0.15) is 28.3 Å². The van der Waals surface area contributed by atoms with Gasteiger partial charge in [-0.1, -0.05) is 6.07 Å². The van der Waals surface area contributed by atoms with Crippen LogP contribution in [0.4, 0.5) is 5.82 Å². The van der Waals surface area contributed by atoms with Crippen molar-refractivity contribution in [1.29, 1.82) is 0 Å². The lowest BCUT2D eigenvalue weighted by Crippen LogP contribution is -2.48. The first kappa shape index (κ1) is 24.0. The molecule has 2 aromatic heterocycles. The standard InChI is InChI=1S/C27H27N5O6/c1-16(33)30-7-9-31(10-8-30)23-6-5-21-20(28-23)12-22(38-21)27(13-24(34)29-26(27)36)15-32-14-17-3-4-18(37-2)11-19(17)25(32)35/h3-6,11-12H,7-10,13-15H2,1-2H3,(H,29,34,36)/t27-/m1/s1. The van der Waals surface area contributed by atoms with Crippen molar-refractivity contribution in [2.24, 2.45) is 0 Å². The summed E-state index contributed by atoms with van der Waals surface area (Å²) in [6.45, 7) is 4.43. The molecule has 0 saturated carbocycles. The maximum atomic E-state index is 13.3. The molecular formula is C27H27N5O6. The monoisotopic (exact) mass is 517 g/mol. The molecule has 6 rings (SSSR count). The molecular weight excluding hydrogens is 490 g/mol. The Bertz CT molecular complexity index is 1490. The van der Waals surface area contributed by atoms with Crippen molar-refractivity contribution >= 4 is 40.5 Å². The largest absolute Gasteiger partial charge is 0.497 e. The summed E-state index contributed by atoms with van der Waals surface area (Å²) >= 11 is 0.